The molecule has 2 aromatic carbocycles. The van der Waals surface area contributed by atoms with Crippen LogP contribution in [0.4, 0.5) is 0 Å². The van der Waals surface area contributed by atoms with Crippen molar-refractivity contribution in [2.75, 3.05) is 0 Å². The summed E-state index contributed by atoms with van der Waals surface area (Å²) >= 11 is 2.32. The van der Waals surface area contributed by atoms with E-state index >= 15 is 0 Å². The Hall–Kier alpha value is -1.62. The zero-order valence-corrected chi connectivity index (χ0v) is 14.3. The third-order valence-corrected chi connectivity index (χ3v) is 4.17. The molecular weight excluding hydrogens is 371 g/mol. The molecule has 0 bridgehead atoms. The molecule has 0 amide bonds. The standard InChI is InChI=1S/C18H17IN2/c1-13-9-14(2)11-15(10-13)12-21-8-7-20-18(21)16-3-5-17(19)6-4-16/h3-11H,12H2,1-2H3. The number of benzene rings is 2. The smallest absolute Gasteiger partial charge is 0.140 e. The van der Waals surface area contributed by atoms with Gasteiger partial charge >= 0.3 is 0 Å². The van der Waals surface area contributed by atoms with E-state index in [-0.39, 0.29) is 0 Å². The predicted octanol–water partition coefficient (Wildman–Crippen LogP) is 4.82. The minimum Gasteiger partial charge on any atom is -0.327 e. The van der Waals surface area contributed by atoms with Crippen molar-refractivity contribution in [2.24, 2.45) is 0 Å². The molecule has 0 spiro atoms. The van der Waals surface area contributed by atoms with Crippen LogP contribution in [-0.2, 0) is 6.54 Å². The molecule has 1 aromatic heterocycles. The molecule has 0 N–H and O–H groups in total. The van der Waals surface area contributed by atoms with Crippen LogP contribution < -0.4 is 0 Å². The zero-order valence-electron chi connectivity index (χ0n) is 12.2. The number of hydrogen-bond donors (Lipinski definition) is 0. The first-order chi connectivity index (χ1) is 10.1. The predicted molar refractivity (Wildman–Crippen MR) is 95.4 cm³/mol. The number of aryl methyl sites for hydroxylation is 2. The Morgan fingerprint density at radius 3 is 2.33 bits per heavy atom. The lowest BCUT2D eigenvalue weighted by Gasteiger charge is -2.10. The molecule has 0 radical (unpaired) electrons. The summed E-state index contributed by atoms with van der Waals surface area (Å²) in [4.78, 5) is 4.52. The average molecular weight is 388 g/mol. The molecule has 0 saturated carbocycles. The van der Waals surface area contributed by atoms with Crippen molar-refractivity contribution in [1.29, 1.82) is 0 Å². The number of rotatable bonds is 3. The first-order valence-electron chi connectivity index (χ1n) is 6.96. The van der Waals surface area contributed by atoms with Crippen molar-refractivity contribution in [2.45, 2.75) is 20.4 Å². The maximum absolute atomic E-state index is 4.52. The number of aromatic nitrogens is 2. The second kappa shape index (κ2) is 6.02. The quantitative estimate of drug-likeness (QED) is 0.589. The number of halogens is 1. The van der Waals surface area contributed by atoms with Crippen molar-refractivity contribution in [3.8, 4) is 11.4 Å². The molecule has 0 unspecified atom stereocenters. The average Bonchev–Trinajstić information content (AvgIpc) is 2.86. The van der Waals surface area contributed by atoms with Gasteiger partial charge in [-0.2, -0.15) is 0 Å². The van der Waals surface area contributed by atoms with Gasteiger partial charge in [0.15, 0.2) is 0 Å². The van der Waals surface area contributed by atoms with E-state index in [1.54, 1.807) is 0 Å². The molecule has 106 valence electrons. The highest BCUT2D eigenvalue weighted by atomic mass is 127. The fraction of sp³-hybridized carbons (Fsp3) is 0.167. The molecule has 0 atom stereocenters. The van der Waals surface area contributed by atoms with Gasteiger partial charge in [-0.3, -0.25) is 0 Å². The molecule has 2 nitrogen and oxygen atoms in total. The molecule has 3 heteroatoms. The van der Waals surface area contributed by atoms with Gasteiger partial charge < -0.3 is 4.57 Å². The topological polar surface area (TPSA) is 17.8 Å². The van der Waals surface area contributed by atoms with Crippen molar-refractivity contribution in [3.05, 3.63) is 75.1 Å². The van der Waals surface area contributed by atoms with E-state index < -0.39 is 0 Å². The summed E-state index contributed by atoms with van der Waals surface area (Å²) in [6.07, 6.45) is 3.92. The summed E-state index contributed by atoms with van der Waals surface area (Å²) in [7, 11) is 0. The van der Waals surface area contributed by atoms with Crippen LogP contribution in [0.15, 0.2) is 54.9 Å². The molecule has 1 heterocycles. The second-order valence-corrected chi connectivity index (χ2v) is 6.63. The number of hydrogen-bond acceptors (Lipinski definition) is 1. The molecule has 0 saturated heterocycles. The normalized spacial score (nSPS) is 10.8. The van der Waals surface area contributed by atoms with E-state index in [0.717, 1.165) is 17.9 Å². The lowest BCUT2D eigenvalue weighted by Crippen LogP contribution is -2.01. The molecule has 3 aromatic rings. The summed E-state index contributed by atoms with van der Waals surface area (Å²) in [5, 5.41) is 0. The van der Waals surface area contributed by atoms with Gasteiger partial charge in [0.1, 0.15) is 5.82 Å². The van der Waals surface area contributed by atoms with Gasteiger partial charge in [-0.05, 0) is 54.1 Å². The lowest BCUT2D eigenvalue weighted by atomic mass is 10.1. The first-order valence-corrected chi connectivity index (χ1v) is 8.04. The van der Waals surface area contributed by atoms with Crippen LogP contribution in [0.1, 0.15) is 16.7 Å². The third-order valence-electron chi connectivity index (χ3n) is 3.45. The molecule has 0 fully saturated rings. The molecular formula is C18H17IN2. The van der Waals surface area contributed by atoms with Gasteiger partial charge in [0.05, 0.1) is 0 Å². The van der Waals surface area contributed by atoms with Gasteiger partial charge in [0, 0.05) is 28.1 Å². The van der Waals surface area contributed by atoms with Crippen LogP contribution in [0.2, 0.25) is 0 Å². The number of nitrogens with zero attached hydrogens (tertiary/aromatic N) is 2. The Balaban J connectivity index is 1.94. The van der Waals surface area contributed by atoms with E-state index in [4.69, 9.17) is 0 Å². The number of imidazole rings is 1. The van der Waals surface area contributed by atoms with E-state index in [2.05, 4.69) is 88.5 Å². The largest absolute Gasteiger partial charge is 0.327 e. The van der Waals surface area contributed by atoms with Crippen LogP contribution >= 0.6 is 22.6 Å². The highest BCUT2D eigenvalue weighted by molar-refractivity contribution is 14.1. The van der Waals surface area contributed by atoms with E-state index in [9.17, 15) is 0 Å². The van der Waals surface area contributed by atoms with Crippen LogP contribution in [0.25, 0.3) is 11.4 Å². The van der Waals surface area contributed by atoms with Crippen LogP contribution in [-0.4, -0.2) is 9.55 Å². The molecule has 3 rings (SSSR count). The molecule has 0 aliphatic heterocycles. The summed E-state index contributed by atoms with van der Waals surface area (Å²) in [6, 6.07) is 15.2. The monoisotopic (exact) mass is 388 g/mol. The summed E-state index contributed by atoms with van der Waals surface area (Å²) in [5.74, 6) is 1.02. The Kier molecular flexibility index (Phi) is 4.10. The fourth-order valence-electron chi connectivity index (χ4n) is 2.65. The van der Waals surface area contributed by atoms with Gasteiger partial charge in [-0.15, -0.1) is 0 Å². The van der Waals surface area contributed by atoms with Crippen molar-refractivity contribution >= 4 is 22.6 Å². The van der Waals surface area contributed by atoms with E-state index in [0.29, 0.717) is 0 Å². The first kappa shape index (κ1) is 14.3. The van der Waals surface area contributed by atoms with E-state index in [1.165, 1.54) is 20.3 Å². The van der Waals surface area contributed by atoms with Crippen LogP contribution in [0.3, 0.4) is 0 Å². The Morgan fingerprint density at radius 2 is 1.67 bits per heavy atom. The fourth-order valence-corrected chi connectivity index (χ4v) is 3.01. The van der Waals surface area contributed by atoms with Gasteiger partial charge in [-0.1, -0.05) is 41.5 Å². The third kappa shape index (κ3) is 3.35. The van der Waals surface area contributed by atoms with Crippen LogP contribution in [0.5, 0.6) is 0 Å². The second-order valence-electron chi connectivity index (χ2n) is 5.38. The highest BCUT2D eigenvalue weighted by Gasteiger charge is 2.07. The highest BCUT2D eigenvalue weighted by Crippen LogP contribution is 2.20. The van der Waals surface area contributed by atoms with Gasteiger partial charge in [-0.25, -0.2) is 4.98 Å². The molecule has 21 heavy (non-hydrogen) atoms. The van der Waals surface area contributed by atoms with Gasteiger partial charge in [0.2, 0.25) is 0 Å². The Bertz CT molecular complexity index is 737. The summed E-state index contributed by atoms with van der Waals surface area (Å²) in [5.41, 5.74) is 5.09. The molecule has 0 aliphatic carbocycles. The SMILES string of the molecule is Cc1cc(C)cc(Cn2ccnc2-c2ccc(I)cc2)c1. The Morgan fingerprint density at radius 1 is 1.00 bits per heavy atom. The van der Waals surface area contributed by atoms with Gasteiger partial charge in [0.25, 0.3) is 0 Å². The van der Waals surface area contributed by atoms with Crippen LogP contribution in [0, 0.1) is 17.4 Å². The van der Waals surface area contributed by atoms with Crippen molar-refractivity contribution in [1.82, 2.24) is 9.55 Å². The summed E-state index contributed by atoms with van der Waals surface area (Å²) in [6.45, 7) is 5.14. The maximum atomic E-state index is 4.52. The maximum Gasteiger partial charge on any atom is 0.140 e. The minimum atomic E-state index is 0.851. The van der Waals surface area contributed by atoms with Crippen molar-refractivity contribution < 1.29 is 0 Å². The van der Waals surface area contributed by atoms with E-state index in [1.807, 2.05) is 12.4 Å². The van der Waals surface area contributed by atoms with Crippen molar-refractivity contribution in [3.63, 3.8) is 0 Å². The molecule has 0 aliphatic rings. The minimum absolute atomic E-state index is 0.851. The lowest BCUT2D eigenvalue weighted by molar-refractivity contribution is 0.805. The Labute approximate surface area is 139 Å². The zero-order chi connectivity index (χ0) is 14.8. The summed E-state index contributed by atoms with van der Waals surface area (Å²) < 4.78 is 3.44.